The molecule has 4 nitrogen and oxygen atoms in total. The Morgan fingerprint density at radius 2 is 1.91 bits per heavy atom. The van der Waals surface area contributed by atoms with Gasteiger partial charge in [0.25, 0.3) is 0 Å². The molecule has 1 aromatic carbocycles. The van der Waals surface area contributed by atoms with Crippen LogP contribution in [0.5, 0.6) is 0 Å². The molecule has 3 rings (SSSR count). The van der Waals surface area contributed by atoms with Gasteiger partial charge in [-0.15, -0.1) is 6.58 Å². The van der Waals surface area contributed by atoms with E-state index in [2.05, 4.69) is 71.5 Å². The lowest BCUT2D eigenvalue weighted by Gasteiger charge is -2.34. The molecule has 176 valence electrons. The van der Waals surface area contributed by atoms with Gasteiger partial charge in [0.05, 0.1) is 5.92 Å². The molecule has 1 N–H and O–H groups in total. The van der Waals surface area contributed by atoms with Gasteiger partial charge in [0, 0.05) is 11.3 Å². The Kier molecular flexibility index (Phi) is 7.56. The highest BCUT2D eigenvalue weighted by Gasteiger charge is 2.33. The molecule has 0 saturated carbocycles. The Bertz CT molecular complexity index is 1090. The number of hydrogen-bond acceptors (Lipinski definition) is 4. The third kappa shape index (κ3) is 5.61. The van der Waals surface area contributed by atoms with Crippen LogP contribution in [0.3, 0.4) is 0 Å². The maximum Gasteiger partial charge on any atom is 0.238 e. The first-order valence-corrected chi connectivity index (χ1v) is 12.1. The molecule has 0 saturated heterocycles. The van der Waals surface area contributed by atoms with Crippen molar-refractivity contribution < 1.29 is 4.52 Å². The van der Waals surface area contributed by atoms with E-state index >= 15 is 0 Å². The summed E-state index contributed by atoms with van der Waals surface area (Å²) in [5, 5.41) is 12.8. The molecular formula is C29H39N3O. The molecule has 0 fully saturated rings. The van der Waals surface area contributed by atoms with Crippen molar-refractivity contribution in [2.75, 3.05) is 0 Å². The van der Waals surface area contributed by atoms with Crippen molar-refractivity contribution in [3.8, 4) is 11.4 Å². The van der Waals surface area contributed by atoms with E-state index in [1.54, 1.807) is 0 Å². The number of aryl methyl sites for hydroxylation is 2. The van der Waals surface area contributed by atoms with Crippen LogP contribution in [0.15, 0.2) is 52.1 Å². The molecule has 0 amide bonds. The molecule has 1 aliphatic rings. The zero-order valence-electron chi connectivity index (χ0n) is 21.4. The van der Waals surface area contributed by atoms with Crippen molar-refractivity contribution >= 4 is 5.71 Å². The van der Waals surface area contributed by atoms with E-state index in [0.29, 0.717) is 17.4 Å². The highest BCUT2D eigenvalue weighted by Crippen LogP contribution is 2.44. The zero-order chi connectivity index (χ0) is 24.3. The zero-order valence-corrected chi connectivity index (χ0v) is 21.4. The van der Waals surface area contributed by atoms with Gasteiger partial charge < -0.3 is 9.93 Å². The van der Waals surface area contributed by atoms with Crippen LogP contribution in [0.25, 0.3) is 11.4 Å². The molecule has 4 heteroatoms. The van der Waals surface area contributed by atoms with Crippen LogP contribution in [-0.4, -0.2) is 15.9 Å². The fourth-order valence-electron chi connectivity index (χ4n) is 4.81. The van der Waals surface area contributed by atoms with Crippen LogP contribution in [0, 0.1) is 24.7 Å². The van der Waals surface area contributed by atoms with Gasteiger partial charge in [-0.2, -0.15) is 4.98 Å². The molecule has 1 atom stereocenters. The Balaban J connectivity index is 2.08. The molecule has 33 heavy (non-hydrogen) atoms. The molecule has 0 bridgehead atoms. The maximum absolute atomic E-state index is 8.47. The normalized spacial score (nSPS) is 17.2. The maximum atomic E-state index is 8.47. The summed E-state index contributed by atoms with van der Waals surface area (Å²) >= 11 is 0. The summed E-state index contributed by atoms with van der Waals surface area (Å²) in [6.07, 6.45) is 8.99. The number of benzene rings is 1. The van der Waals surface area contributed by atoms with Gasteiger partial charge >= 0.3 is 0 Å². The summed E-state index contributed by atoms with van der Waals surface area (Å²) in [5.74, 6) is 1.16. The third-order valence-electron chi connectivity index (χ3n) is 6.96. The highest BCUT2D eigenvalue weighted by atomic mass is 16.5. The van der Waals surface area contributed by atoms with Gasteiger partial charge in [-0.1, -0.05) is 43.7 Å². The first-order valence-electron chi connectivity index (χ1n) is 12.1. The molecule has 1 heterocycles. The lowest BCUT2D eigenvalue weighted by Crippen LogP contribution is -2.23. The fraction of sp³-hybridized carbons (Fsp3) is 0.483. The predicted molar refractivity (Wildman–Crippen MR) is 138 cm³/mol. The number of hydrogen-bond donors (Lipinski definition) is 1. The van der Waals surface area contributed by atoms with Crippen molar-refractivity contribution in [1.29, 1.82) is 5.41 Å². The lowest BCUT2D eigenvalue weighted by atomic mass is 9.70. The largest absolute Gasteiger partial charge is 0.338 e. The Morgan fingerprint density at radius 1 is 1.24 bits per heavy atom. The second kappa shape index (κ2) is 10.0. The average Bonchev–Trinajstić information content (AvgIpc) is 3.24. The minimum absolute atomic E-state index is 0.0835. The van der Waals surface area contributed by atoms with E-state index in [-0.39, 0.29) is 11.3 Å². The molecule has 1 aliphatic carbocycles. The SMILES string of the molecule is C=CCc1c(C)cc(-c2noc(C(C=C(C)CC)C3=C(C(C)=N)CC(C)(C)CC3)n2)cc1C. The quantitative estimate of drug-likeness (QED) is 0.330. The number of nitrogens with one attached hydrogen (secondary N) is 1. The molecule has 0 radical (unpaired) electrons. The Labute approximate surface area is 199 Å². The number of nitrogens with zero attached hydrogens (tertiary/aromatic N) is 2. The molecule has 2 aromatic rings. The van der Waals surface area contributed by atoms with Crippen LogP contribution >= 0.6 is 0 Å². The monoisotopic (exact) mass is 445 g/mol. The van der Waals surface area contributed by atoms with Crippen molar-refractivity contribution in [2.24, 2.45) is 5.41 Å². The first-order chi connectivity index (χ1) is 15.6. The third-order valence-corrected chi connectivity index (χ3v) is 6.96. The Hall–Kier alpha value is -2.75. The van der Waals surface area contributed by atoms with E-state index < -0.39 is 0 Å². The molecular weight excluding hydrogens is 406 g/mol. The van der Waals surface area contributed by atoms with Crippen molar-refractivity contribution in [1.82, 2.24) is 10.1 Å². The molecule has 0 aliphatic heterocycles. The van der Waals surface area contributed by atoms with Crippen LogP contribution in [0.1, 0.15) is 88.8 Å². The van der Waals surface area contributed by atoms with Gasteiger partial charge in [0.2, 0.25) is 11.7 Å². The number of aromatic nitrogens is 2. The second-order valence-electron chi connectivity index (χ2n) is 10.4. The van der Waals surface area contributed by atoms with Crippen LogP contribution in [0.2, 0.25) is 0 Å². The Morgan fingerprint density at radius 3 is 2.48 bits per heavy atom. The van der Waals surface area contributed by atoms with Gasteiger partial charge in [-0.05, 0) is 105 Å². The van der Waals surface area contributed by atoms with E-state index in [9.17, 15) is 0 Å². The summed E-state index contributed by atoms with van der Waals surface area (Å²) in [4.78, 5) is 4.88. The van der Waals surface area contributed by atoms with Crippen molar-refractivity contribution in [3.05, 3.63) is 70.2 Å². The average molecular weight is 446 g/mol. The number of rotatable bonds is 8. The van der Waals surface area contributed by atoms with Crippen LogP contribution < -0.4 is 0 Å². The molecule has 0 spiro atoms. The fourth-order valence-corrected chi connectivity index (χ4v) is 4.81. The summed E-state index contributed by atoms with van der Waals surface area (Å²) in [6.45, 7) is 18.9. The second-order valence-corrected chi connectivity index (χ2v) is 10.4. The van der Waals surface area contributed by atoms with Crippen molar-refractivity contribution in [2.45, 2.75) is 86.5 Å². The smallest absolute Gasteiger partial charge is 0.238 e. The number of allylic oxidation sites excluding steroid dienone is 5. The predicted octanol–water partition coefficient (Wildman–Crippen LogP) is 8.07. The first kappa shape index (κ1) is 24.9. The summed E-state index contributed by atoms with van der Waals surface area (Å²) < 4.78 is 5.89. The minimum Gasteiger partial charge on any atom is -0.338 e. The summed E-state index contributed by atoms with van der Waals surface area (Å²) in [5.41, 5.74) is 9.27. The topological polar surface area (TPSA) is 62.8 Å². The summed E-state index contributed by atoms with van der Waals surface area (Å²) in [7, 11) is 0. The standard InChI is InChI=1S/C29H39N3O/c1-9-11-23-19(4)15-22(16-20(23)5)27-31-28(33-32-27)25(14-18(3)10-2)24-12-13-29(7,8)17-26(24)21(6)30/h9,14-16,25,30H,1,10-13,17H2,2-8H3. The van der Waals surface area contributed by atoms with Crippen LogP contribution in [-0.2, 0) is 6.42 Å². The van der Waals surface area contributed by atoms with Gasteiger partial charge in [0.15, 0.2) is 0 Å². The van der Waals surface area contributed by atoms with Gasteiger partial charge in [-0.25, -0.2) is 0 Å². The molecule has 1 unspecified atom stereocenters. The van der Waals surface area contributed by atoms with E-state index in [1.807, 2.05) is 13.0 Å². The van der Waals surface area contributed by atoms with E-state index in [0.717, 1.165) is 43.2 Å². The van der Waals surface area contributed by atoms with Crippen molar-refractivity contribution in [3.63, 3.8) is 0 Å². The summed E-state index contributed by atoms with van der Waals surface area (Å²) in [6, 6.07) is 4.27. The van der Waals surface area contributed by atoms with E-state index in [1.165, 1.54) is 27.8 Å². The minimum atomic E-state index is -0.0835. The molecule has 1 aromatic heterocycles. The van der Waals surface area contributed by atoms with Crippen LogP contribution in [0.4, 0.5) is 0 Å². The van der Waals surface area contributed by atoms with Gasteiger partial charge in [-0.3, -0.25) is 0 Å². The van der Waals surface area contributed by atoms with E-state index in [4.69, 9.17) is 14.9 Å². The van der Waals surface area contributed by atoms with Gasteiger partial charge in [0.1, 0.15) is 0 Å². The highest BCUT2D eigenvalue weighted by molar-refractivity contribution is 5.97. The lowest BCUT2D eigenvalue weighted by molar-refractivity contribution is 0.309.